The third-order valence-corrected chi connectivity index (χ3v) is 4.24. The average molecular weight is 334 g/mol. The van der Waals surface area contributed by atoms with Gasteiger partial charge in [-0.2, -0.15) is 0 Å². The number of anilines is 1. The number of hydrogen-bond acceptors (Lipinski definition) is 4. The summed E-state index contributed by atoms with van der Waals surface area (Å²) in [7, 11) is 0. The van der Waals surface area contributed by atoms with Crippen molar-refractivity contribution in [3.63, 3.8) is 0 Å². The number of pyridine rings is 1. The zero-order chi connectivity index (χ0) is 17.4. The Bertz CT molecular complexity index is 973. The summed E-state index contributed by atoms with van der Waals surface area (Å²) in [5.74, 6) is 0.474. The van der Waals surface area contributed by atoms with Crippen molar-refractivity contribution in [1.29, 1.82) is 0 Å². The first-order chi connectivity index (χ1) is 12.0. The van der Waals surface area contributed by atoms with Crippen LogP contribution in [-0.2, 0) is 6.42 Å². The van der Waals surface area contributed by atoms with Crippen LogP contribution in [0.25, 0.3) is 16.5 Å². The first-order valence-electron chi connectivity index (χ1n) is 8.34. The zero-order valence-electron chi connectivity index (χ0n) is 14.3. The Hall–Kier alpha value is -2.82. The summed E-state index contributed by atoms with van der Waals surface area (Å²) >= 11 is 0. The maximum atomic E-state index is 13.6. The molecule has 0 atom stereocenters. The van der Waals surface area contributed by atoms with Crippen LogP contribution >= 0.6 is 0 Å². The quantitative estimate of drug-likeness (QED) is 0.778. The van der Waals surface area contributed by atoms with E-state index in [0.717, 1.165) is 39.7 Å². The number of nitrogens with zero attached hydrogens (tertiary/aromatic N) is 3. The predicted octanol–water partition coefficient (Wildman–Crippen LogP) is 4.17. The summed E-state index contributed by atoms with van der Waals surface area (Å²) in [6.45, 7) is 3.24. The normalized spacial score (nSPS) is 13.6. The van der Waals surface area contributed by atoms with Crippen molar-refractivity contribution in [3.05, 3.63) is 65.6 Å². The molecule has 1 aromatic carbocycles. The monoisotopic (exact) mass is 334 g/mol. The molecule has 0 unspecified atom stereocenters. The number of halogens is 1. The summed E-state index contributed by atoms with van der Waals surface area (Å²) in [6, 6.07) is 10.2. The first-order valence-corrected chi connectivity index (χ1v) is 8.34. The molecule has 2 aromatic heterocycles. The number of nitrogens with one attached hydrogen (secondary N) is 1. The van der Waals surface area contributed by atoms with E-state index in [-0.39, 0.29) is 6.54 Å². The molecule has 25 heavy (non-hydrogen) atoms. The van der Waals surface area contributed by atoms with E-state index in [1.54, 1.807) is 6.20 Å². The van der Waals surface area contributed by atoms with Crippen LogP contribution in [0.15, 0.2) is 48.8 Å². The minimum atomic E-state index is -1.30. The smallest absolute Gasteiger partial charge is 0.223 e. The number of hydrogen-bond donors (Lipinski definition) is 1. The number of fused-ring (bicyclic) bond motifs is 2. The molecule has 3 aromatic rings. The van der Waals surface area contributed by atoms with Gasteiger partial charge in [0.05, 0.1) is 17.8 Å². The van der Waals surface area contributed by atoms with Crippen LogP contribution in [0.1, 0.15) is 30.7 Å². The van der Waals surface area contributed by atoms with E-state index in [1.165, 1.54) is 13.8 Å². The highest BCUT2D eigenvalue weighted by molar-refractivity contribution is 5.89. The van der Waals surface area contributed by atoms with Gasteiger partial charge in [-0.05, 0) is 43.2 Å². The van der Waals surface area contributed by atoms with Crippen LogP contribution < -0.4 is 5.32 Å². The van der Waals surface area contributed by atoms with E-state index in [9.17, 15) is 4.39 Å². The average Bonchev–Trinajstić information content (AvgIpc) is 3.02. The van der Waals surface area contributed by atoms with Crippen LogP contribution in [-0.4, -0.2) is 27.2 Å². The van der Waals surface area contributed by atoms with Crippen molar-refractivity contribution in [2.75, 3.05) is 11.9 Å². The fourth-order valence-corrected chi connectivity index (χ4v) is 3.00. The van der Waals surface area contributed by atoms with Gasteiger partial charge in [-0.1, -0.05) is 18.2 Å². The Kier molecular flexibility index (Phi) is 3.71. The second kappa shape index (κ2) is 5.92. The summed E-state index contributed by atoms with van der Waals surface area (Å²) in [6.07, 6.45) is 6.54. The molecule has 2 heterocycles. The predicted molar refractivity (Wildman–Crippen MR) is 98.2 cm³/mol. The van der Waals surface area contributed by atoms with Gasteiger partial charge in [-0.3, -0.25) is 4.98 Å². The molecule has 0 saturated carbocycles. The number of benzene rings is 1. The highest BCUT2D eigenvalue weighted by Gasteiger charge is 2.20. The maximum Gasteiger partial charge on any atom is 0.223 e. The fraction of sp³-hybridized carbons (Fsp3) is 0.250. The van der Waals surface area contributed by atoms with E-state index < -0.39 is 5.67 Å². The second-order valence-corrected chi connectivity index (χ2v) is 6.86. The van der Waals surface area contributed by atoms with Gasteiger partial charge in [-0.25, -0.2) is 14.4 Å². The Morgan fingerprint density at radius 1 is 1.20 bits per heavy atom. The van der Waals surface area contributed by atoms with Crippen LogP contribution in [0.5, 0.6) is 0 Å². The van der Waals surface area contributed by atoms with Gasteiger partial charge in [0.2, 0.25) is 5.95 Å². The van der Waals surface area contributed by atoms with Crippen LogP contribution in [0.3, 0.4) is 0 Å². The molecule has 0 saturated heterocycles. The lowest BCUT2D eigenvalue weighted by atomic mass is 10.0. The van der Waals surface area contributed by atoms with E-state index in [2.05, 4.69) is 44.5 Å². The Labute approximate surface area is 145 Å². The molecule has 4 nitrogen and oxygen atoms in total. The minimum absolute atomic E-state index is 0.184. The van der Waals surface area contributed by atoms with Gasteiger partial charge in [-0.15, -0.1) is 0 Å². The van der Waals surface area contributed by atoms with Gasteiger partial charge >= 0.3 is 0 Å². The van der Waals surface area contributed by atoms with Gasteiger partial charge in [0.25, 0.3) is 0 Å². The van der Waals surface area contributed by atoms with E-state index in [0.29, 0.717) is 5.95 Å². The molecule has 1 N–H and O–H groups in total. The van der Waals surface area contributed by atoms with Gasteiger partial charge in [0, 0.05) is 29.8 Å². The number of allylic oxidation sites excluding steroid dienone is 1. The fourth-order valence-electron chi connectivity index (χ4n) is 3.00. The van der Waals surface area contributed by atoms with E-state index >= 15 is 0 Å². The van der Waals surface area contributed by atoms with Crippen LogP contribution in [0.4, 0.5) is 10.3 Å². The maximum absolute atomic E-state index is 13.6. The molecule has 5 heteroatoms. The molecule has 0 fully saturated rings. The highest BCUT2D eigenvalue weighted by Crippen LogP contribution is 2.33. The van der Waals surface area contributed by atoms with Crippen molar-refractivity contribution in [3.8, 4) is 0 Å². The lowest BCUT2D eigenvalue weighted by molar-refractivity contribution is 0.234. The molecule has 4 rings (SSSR count). The molecule has 0 spiro atoms. The SMILES string of the molecule is CC(C)(F)CNc1ncc2c(n1)CC=C2c1ccc2ncccc2c1. The lowest BCUT2D eigenvalue weighted by Crippen LogP contribution is -2.25. The van der Waals surface area contributed by atoms with Crippen molar-refractivity contribution in [2.45, 2.75) is 25.9 Å². The summed E-state index contributed by atoms with van der Waals surface area (Å²) in [5, 5.41) is 4.07. The Balaban J connectivity index is 1.62. The largest absolute Gasteiger partial charge is 0.351 e. The van der Waals surface area contributed by atoms with Gasteiger partial charge in [0.1, 0.15) is 5.67 Å². The third-order valence-electron chi connectivity index (χ3n) is 4.24. The summed E-state index contributed by atoms with van der Waals surface area (Å²) in [4.78, 5) is 13.3. The van der Waals surface area contributed by atoms with Crippen molar-refractivity contribution in [2.24, 2.45) is 0 Å². The summed E-state index contributed by atoms with van der Waals surface area (Å²) in [5.41, 5.74) is 3.95. The first kappa shape index (κ1) is 15.7. The zero-order valence-corrected chi connectivity index (χ0v) is 14.3. The van der Waals surface area contributed by atoms with Gasteiger partial charge < -0.3 is 5.32 Å². The van der Waals surface area contributed by atoms with Crippen LogP contribution in [0.2, 0.25) is 0 Å². The molecular weight excluding hydrogens is 315 g/mol. The van der Waals surface area contributed by atoms with Crippen LogP contribution in [0, 0.1) is 0 Å². The number of rotatable bonds is 4. The molecule has 0 aliphatic heterocycles. The van der Waals surface area contributed by atoms with E-state index in [1.807, 2.05) is 18.3 Å². The second-order valence-electron chi connectivity index (χ2n) is 6.86. The highest BCUT2D eigenvalue weighted by atomic mass is 19.1. The Morgan fingerprint density at radius 3 is 2.92 bits per heavy atom. The number of aromatic nitrogens is 3. The molecule has 0 radical (unpaired) electrons. The van der Waals surface area contributed by atoms with Gasteiger partial charge in [0.15, 0.2) is 0 Å². The third kappa shape index (κ3) is 3.22. The molecule has 0 bridgehead atoms. The standard InChI is InChI=1S/C20H19FN4/c1-20(2,21)12-24-19-23-11-16-15(6-8-18(16)25-19)13-5-7-17-14(10-13)4-3-9-22-17/h3-7,9-11H,8,12H2,1-2H3,(H,23,24,25). The minimum Gasteiger partial charge on any atom is -0.351 e. The van der Waals surface area contributed by atoms with Crippen molar-refractivity contribution in [1.82, 2.24) is 15.0 Å². The van der Waals surface area contributed by atoms with Crippen molar-refractivity contribution >= 4 is 22.4 Å². The number of alkyl halides is 1. The summed E-state index contributed by atoms with van der Waals surface area (Å²) < 4.78 is 13.6. The molecule has 1 aliphatic rings. The molecular formula is C20H19FN4. The lowest BCUT2D eigenvalue weighted by Gasteiger charge is -2.15. The van der Waals surface area contributed by atoms with Crippen molar-refractivity contribution < 1.29 is 4.39 Å². The molecule has 0 amide bonds. The topological polar surface area (TPSA) is 50.7 Å². The Morgan fingerprint density at radius 2 is 2.08 bits per heavy atom. The molecule has 126 valence electrons. The molecule has 1 aliphatic carbocycles. The van der Waals surface area contributed by atoms with E-state index in [4.69, 9.17) is 0 Å².